The van der Waals surface area contributed by atoms with Gasteiger partial charge in [0.05, 0.1) is 18.1 Å². The van der Waals surface area contributed by atoms with E-state index in [1.54, 1.807) is 12.1 Å². The van der Waals surface area contributed by atoms with Gasteiger partial charge in [0.25, 0.3) is 0 Å². The van der Waals surface area contributed by atoms with Crippen LogP contribution in [0.15, 0.2) is 58.9 Å². The summed E-state index contributed by atoms with van der Waals surface area (Å²) in [4.78, 5) is -0.178. The van der Waals surface area contributed by atoms with Crippen molar-refractivity contribution < 1.29 is 31.7 Å². The SMILES string of the molecule is CCCCCCCCCCCCCCCCCC1OCC(COCCCCCC[n+]2csc3ccccc32)O1.Cc1ccc(S(=O)(=O)[O-])cc1. The molecule has 1 fully saturated rings. The molecule has 1 aliphatic heterocycles. The van der Waals surface area contributed by atoms with Crippen LogP contribution in [0.3, 0.4) is 0 Å². The highest BCUT2D eigenvalue weighted by Crippen LogP contribution is 2.20. The first-order chi connectivity index (χ1) is 24.4. The largest absolute Gasteiger partial charge is 0.744 e. The Kier molecular flexibility index (Phi) is 22.1. The van der Waals surface area contributed by atoms with Crippen LogP contribution < -0.4 is 4.57 Å². The summed E-state index contributed by atoms with van der Waals surface area (Å²) < 4.78 is 52.7. The number of aryl methyl sites for hydroxylation is 2. The summed E-state index contributed by atoms with van der Waals surface area (Å²) in [6.07, 6.45) is 27.0. The van der Waals surface area contributed by atoms with Crippen molar-refractivity contribution in [2.45, 2.75) is 166 Å². The summed E-state index contributed by atoms with van der Waals surface area (Å²) in [6.45, 7) is 7.42. The molecule has 3 aromatic rings. The van der Waals surface area contributed by atoms with E-state index < -0.39 is 10.1 Å². The quantitative estimate of drug-likeness (QED) is 0.0464. The maximum atomic E-state index is 10.4. The van der Waals surface area contributed by atoms with E-state index in [0.29, 0.717) is 13.2 Å². The molecule has 2 unspecified atom stereocenters. The first kappa shape index (κ1) is 42.5. The van der Waals surface area contributed by atoms with Crippen molar-refractivity contribution in [1.82, 2.24) is 0 Å². The number of fused-ring (bicyclic) bond motifs is 1. The summed E-state index contributed by atoms with van der Waals surface area (Å²) >= 11 is 1.83. The Morgan fingerprint density at radius 3 is 2.00 bits per heavy atom. The van der Waals surface area contributed by atoms with Crippen LogP contribution in [0.25, 0.3) is 10.2 Å². The standard InChI is InChI=1S/C34H58NO3S.C7H8O3S/c1-2-3-4-5-6-7-8-9-10-11-12-13-14-15-18-25-34-37-29-31(38-34)28-36-27-22-17-16-21-26-35-30-39-33-24-20-19-23-32(33)35;1-6-2-4-7(5-3-6)11(8,9)10/h19-20,23-24,30-31,34H,2-18,21-22,25-29H2,1H3;2-5H,1H3,(H,8,9,10)/q+1;/p-1. The summed E-state index contributed by atoms with van der Waals surface area (Å²) in [6, 6.07) is 14.5. The fourth-order valence-corrected chi connectivity index (χ4v) is 7.73. The van der Waals surface area contributed by atoms with Crippen LogP contribution in [0, 0.1) is 6.92 Å². The van der Waals surface area contributed by atoms with Crippen LogP contribution in [0.2, 0.25) is 0 Å². The molecule has 9 heteroatoms. The topological polar surface area (TPSA) is 88.8 Å². The number of ether oxygens (including phenoxy) is 3. The Morgan fingerprint density at radius 2 is 1.36 bits per heavy atom. The minimum Gasteiger partial charge on any atom is -0.744 e. The van der Waals surface area contributed by atoms with Crippen molar-refractivity contribution in [2.24, 2.45) is 0 Å². The molecule has 1 saturated heterocycles. The van der Waals surface area contributed by atoms with Crippen molar-refractivity contribution in [1.29, 1.82) is 0 Å². The lowest BCUT2D eigenvalue weighted by molar-refractivity contribution is -0.667. The van der Waals surface area contributed by atoms with Gasteiger partial charge in [-0.3, -0.25) is 0 Å². The molecule has 2 atom stereocenters. The Hall–Kier alpha value is -1.88. The van der Waals surface area contributed by atoms with E-state index in [1.165, 1.54) is 138 Å². The lowest BCUT2D eigenvalue weighted by atomic mass is 10.0. The third kappa shape index (κ3) is 18.6. The van der Waals surface area contributed by atoms with Gasteiger partial charge < -0.3 is 18.8 Å². The van der Waals surface area contributed by atoms with Crippen molar-refractivity contribution in [2.75, 3.05) is 19.8 Å². The molecule has 0 radical (unpaired) electrons. The van der Waals surface area contributed by atoms with E-state index in [2.05, 4.69) is 41.3 Å². The van der Waals surface area contributed by atoms with Gasteiger partial charge >= 0.3 is 0 Å². The van der Waals surface area contributed by atoms with Gasteiger partial charge in [0.1, 0.15) is 27.5 Å². The van der Waals surface area contributed by atoms with E-state index in [0.717, 1.165) is 31.6 Å². The molecule has 4 rings (SSSR count). The van der Waals surface area contributed by atoms with Crippen LogP contribution >= 0.6 is 11.3 Å². The minimum absolute atomic E-state index is 0.00809. The van der Waals surface area contributed by atoms with E-state index in [4.69, 9.17) is 14.2 Å². The van der Waals surface area contributed by atoms with Gasteiger partial charge in [-0.15, -0.1) is 0 Å². The normalized spacial score (nSPS) is 16.1. The smallest absolute Gasteiger partial charge is 0.225 e. The lowest BCUT2D eigenvalue weighted by Gasteiger charge is -2.12. The zero-order valence-electron chi connectivity index (χ0n) is 31.0. The van der Waals surface area contributed by atoms with Crippen LogP contribution in [-0.2, 0) is 30.9 Å². The van der Waals surface area contributed by atoms with E-state index in [1.807, 2.05) is 18.3 Å². The molecule has 0 amide bonds. The fraction of sp³-hybridized carbons (Fsp3) is 0.683. The molecule has 1 aromatic heterocycles. The van der Waals surface area contributed by atoms with Crippen molar-refractivity contribution >= 4 is 31.7 Å². The number of hydrogen-bond acceptors (Lipinski definition) is 7. The fourth-order valence-electron chi connectivity index (χ4n) is 6.33. The number of nitrogens with zero attached hydrogens (tertiary/aromatic N) is 1. The number of para-hydroxylation sites is 1. The molecule has 0 spiro atoms. The van der Waals surface area contributed by atoms with Crippen molar-refractivity contribution in [3.05, 3.63) is 59.6 Å². The Balaban J connectivity index is 0.000000521. The van der Waals surface area contributed by atoms with E-state index in [-0.39, 0.29) is 17.3 Å². The zero-order valence-corrected chi connectivity index (χ0v) is 32.7. The van der Waals surface area contributed by atoms with Gasteiger partial charge in [0.2, 0.25) is 11.0 Å². The molecule has 0 bridgehead atoms. The average molecular weight is 732 g/mol. The minimum atomic E-state index is -4.27. The molecule has 2 aromatic carbocycles. The van der Waals surface area contributed by atoms with Gasteiger partial charge in [-0.25, -0.2) is 8.42 Å². The van der Waals surface area contributed by atoms with Gasteiger partial charge in [-0.2, -0.15) is 4.57 Å². The Labute approximate surface area is 307 Å². The van der Waals surface area contributed by atoms with E-state index >= 15 is 0 Å². The summed E-state index contributed by atoms with van der Waals surface area (Å²) in [7, 11) is -4.27. The highest BCUT2D eigenvalue weighted by atomic mass is 32.2. The molecule has 1 aliphatic rings. The number of benzene rings is 2. The molecular formula is C41H65NO6S2. The maximum absolute atomic E-state index is 10.4. The molecule has 0 saturated carbocycles. The first-order valence-corrected chi connectivity index (χ1v) is 21.9. The number of thiazole rings is 1. The van der Waals surface area contributed by atoms with E-state index in [9.17, 15) is 13.0 Å². The highest BCUT2D eigenvalue weighted by Gasteiger charge is 2.25. The Bertz CT molecular complexity index is 1380. The molecule has 50 heavy (non-hydrogen) atoms. The highest BCUT2D eigenvalue weighted by molar-refractivity contribution is 7.85. The predicted octanol–water partition coefficient (Wildman–Crippen LogP) is 10.7. The second-order valence-corrected chi connectivity index (χ2v) is 16.2. The predicted molar refractivity (Wildman–Crippen MR) is 205 cm³/mol. The monoisotopic (exact) mass is 731 g/mol. The maximum Gasteiger partial charge on any atom is 0.225 e. The van der Waals surface area contributed by atoms with Crippen LogP contribution in [0.5, 0.6) is 0 Å². The number of aromatic nitrogens is 1. The van der Waals surface area contributed by atoms with Crippen molar-refractivity contribution in [3.63, 3.8) is 0 Å². The van der Waals surface area contributed by atoms with Gasteiger partial charge in [0.15, 0.2) is 6.29 Å². The average Bonchev–Trinajstić information content (AvgIpc) is 3.74. The summed E-state index contributed by atoms with van der Waals surface area (Å²) in [5.41, 5.74) is 4.55. The summed E-state index contributed by atoms with van der Waals surface area (Å²) in [5.74, 6) is 0. The van der Waals surface area contributed by atoms with Crippen molar-refractivity contribution in [3.8, 4) is 0 Å². The van der Waals surface area contributed by atoms with Gasteiger partial charge in [-0.05, 0) is 50.8 Å². The second-order valence-electron chi connectivity index (χ2n) is 13.9. The third-order valence-electron chi connectivity index (χ3n) is 9.39. The van der Waals surface area contributed by atoms with Gasteiger partial charge in [0, 0.05) is 19.1 Å². The van der Waals surface area contributed by atoms with Crippen LogP contribution in [0.4, 0.5) is 0 Å². The molecule has 0 aliphatic carbocycles. The molecule has 0 N–H and O–H groups in total. The van der Waals surface area contributed by atoms with Gasteiger partial charge in [-0.1, -0.05) is 144 Å². The van der Waals surface area contributed by atoms with Crippen LogP contribution in [-0.4, -0.2) is 45.2 Å². The lowest BCUT2D eigenvalue weighted by Crippen LogP contribution is -2.31. The number of hydrogen-bond donors (Lipinski definition) is 0. The Morgan fingerprint density at radius 1 is 0.780 bits per heavy atom. The molecule has 282 valence electrons. The molecule has 7 nitrogen and oxygen atoms in total. The molecule has 2 heterocycles. The third-order valence-corrected chi connectivity index (χ3v) is 11.2. The van der Waals surface area contributed by atoms with Crippen LogP contribution in [0.1, 0.15) is 141 Å². The summed E-state index contributed by atoms with van der Waals surface area (Å²) in [5, 5.41) is 0. The number of unbranched alkanes of at least 4 members (excludes halogenated alkanes) is 17. The molecular weight excluding hydrogens is 667 g/mol. The first-order valence-electron chi connectivity index (χ1n) is 19.6. The number of rotatable bonds is 26. The second kappa shape index (κ2) is 26.0. The zero-order chi connectivity index (χ0) is 35.7.